The van der Waals surface area contributed by atoms with Gasteiger partial charge in [0.05, 0.1) is 10.5 Å². The Labute approximate surface area is 131 Å². The summed E-state index contributed by atoms with van der Waals surface area (Å²) >= 11 is 4.75. The second-order valence-corrected chi connectivity index (χ2v) is 4.93. The fourth-order valence-corrected chi connectivity index (χ4v) is 1.95. The number of benzene rings is 1. The molecule has 2 aromatic rings. The van der Waals surface area contributed by atoms with Crippen molar-refractivity contribution in [3.8, 4) is 17.4 Å². The average molecular weight is 313 g/mol. The van der Waals surface area contributed by atoms with E-state index in [1.54, 1.807) is 31.2 Å². The lowest BCUT2D eigenvalue weighted by atomic mass is 10.1. The molecule has 2 N–H and O–H groups in total. The zero-order valence-electron chi connectivity index (χ0n) is 11.6. The van der Waals surface area contributed by atoms with E-state index in [2.05, 4.69) is 0 Å². The van der Waals surface area contributed by atoms with Crippen LogP contribution in [-0.2, 0) is 0 Å². The molecule has 7 heteroatoms. The summed E-state index contributed by atoms with van der Waals surface area (Å²) in [7, 11) is 0. The van der Waals surface area contributed by atoms with Crippen LogP contribution >= 0.6 is 12.2 Å². The van der Waals surface area contributed by atoms with Crippen LogP contribution < -0.4 is 5.73 Å². The van der Waals surface area contributed by atoms with Gasteiger partial charge in [0.1, 0.15) is 22.6 Å². The summed E-state index contributed by atoms with van der Waals surface area (Å²) in [5.41, 5.74) is 6.70. The van der Waals surface area contributed by atoms with Crippen molar-refractivity contribution in [3.05, 3.63) is 57.3 Å². The fraction of sp³-hybridized carbons (Fsp3) is 0.0667. The van der Waals surface area contributed by atoms with Crippen LogP contribution in [0.2, 0.25) is 0 Å². The molecule has 0 fully saturated rings. The molecule has 0 aliphatic carbocycles. The van der Waals surface area contributed by atoms with Crippen molar-refractivity contribution in [1.29, 1.82) is 5.26 Å². The lowest BCUT2D eigenvalue weighted by Gasteiger charge is -2.00. The lowest BCUT2D eigenvalue weighted by Crippen LogP contribution is -2.09. The Morgan fingerprint density at radius 1 is 1.45 bits per heavy atom. The summed E-state index contributed by atoms with van der Waals surface area (Å²) in [4.78, 5) is 10.5. The highest BCUT2D eigenvalue weighted by molar-refractivity contribution is 7.80. The van der Waals surface area contributed by atoms with Gasteiger partial charge in [-0.3, -0.25) is 10.1 Å². The highest BCUT2D eigenvalue weighted by atomic mass is 32.1. The SMILES string of the molecule is Cc1ccc(-c2ccc(C=C(C#N)C(N)=S)o2)cc1[N+](=O)[O-]. The Kier molecular flexibility index (Phi) is 4.34. The third-order valence-corrected chi connectivity index (χ3v) is 3.21. The van der Waals surface area contributed by atoms with Crippen molar-refractivity contribution in [2.45, 2.75) is 6.92 Å². The van der Waals surface area contributed by atoms with Gasteiger partial charge in [-0.15, -0.1) is 0 Å². The third-order valence-electron chi connectivity index (χ3n) is 2.99. The van der Waals surface area contributed by atoms with Crippen LogP contribution in [0.1, 0.15) is 11.3 Å². The topological polar surface area (TPSA) is 106 Å². The molecule has 0 bridgehead atoms. The number of thiocarbonyl (C=S) groups is 1. The van der Waals surface area contributed by atoms with Crippen molar-refractivity contribution in [2.75, 3.05) is 0 Å². The number of nitriles is 1. The van der Waals surface area contributed by atoms with Crippen LogP contribution in [0.4, 0.5) is 5.69 Å². The van der Waals surface area contributed by atoms with Gasteiger partial charge in [0, 0.05) is 23.3 Å². The number of rotatable bonds is 4. The number of nitro groups is 1. The second-order valence-electron chi connectivity index (χ2n) is 4.49. The monoisotopic (exact) mass is 313 g/mol. The van der Waals surface area contributed by atoms with Crippen molar-refractivity contribution < 1.29 is 9.34 Å². The van der Waals surface area contributed by atoms with E-state index in [1.165, 1.54) is 12.1 Å². The first-order chi connectivity index (χ1) is 10.4. The number of hydrogen-bond donors (Lipinski definition) is 1. The molecule has 0 amide bonds. The Hall–Kier alpha value is -2.98. The lowest BCUT2D eigenvalue weighted by molar-refractivity contribution is -0.385. The van der Waals surface area contributed by atoms with Crippen molar-refractivity contribution in [1.82, 2.24) is 0 Å². The van der Waals surface area contributed by atoms with E-state index >= 15 is 0 Å². The summed E-state index contributed by atoms with van der Waals surface area (Å²) in [5, 5.41) is 19.9. The molecule has 1 heterocycles. The number of hydrogen-bond acceptors (Lipinski definition) is 5. The molecule has 0 saturated carbocycles. The molecule has 22 heavy (non-hydrogen) atoms. The molecule has 0 aliphatic rings. The zero-order chi connectivity index (χ0) is 16.3. The Morgan fingerprint density at radius 3 is 2.77 bits per heavy atom. The van der Waals surface area contributed by atoms with Crippen LogP contribution in [0, 0.1) is 28.4 Å². The largest absolute Gasteiger partial charge is 0.457 e. The molecule has 0 aliphatic heterocycles. The van der Waals surface area contributed by atoms with E-state index in [-0.39, 0.29) is 16.2 Å². The predicted molar refractivity (Wildman–Crippen MR) is 85.9 cm³/mol. The molecular formula is C15H11N3O3S. The fourth-order valence-electron chi connectivity index (χ4n) is 1.85. The van der Waals surface area contributed by atoms with Gasteiger partial charge >= 0.3 is 0 Å². The molecule has 110 valence electrons. The number of nitrogens with zero attached hydrogens (tertiary/aromatic N) is 2. The maximum atomic E-state index is 11.0. The number of nitro benzene ring substituents is 1. The second kappa shape index (κ2) is 6.20. The van der Waals surface area contributed by atoms with Gasteiger partial charge in [-0.1, -0.05) is 24.4 Å². The van der Waals surface area contributed by atoms with Crippen LogP contribution in [0.5, 0.6) is 0 Å². The molecule has 0 spiro atoms. The Bertz CT molecular complexity index is 831. The predicted octanol–water partition coefficient (Wildman–Crippen LogP) is 3.36. The first-order valence-electron chi connectivity index (χ1n) is 6.19. The zero-order valence-corrected chi connectivity index (χ0v) is 12.4. The van der Waals surface area contributed by atoms with Gasteiger partial charge in [0.25, 0.3) is 5.69 Å². The van der Waals surface area contributed by atoms with Gasteiger partial charge in [-0.05, 0) is 19.1 Å². The minimum Gasteiger partial charge on any atom is -0.457 e. The standard InChI is InChI=1S/C15H11N3O3S/c1-9-2-3-10(7-13(9)18(19)20)14-5-4-12(21-14)6-11(8-16)15(17)22/h2-7H,1H3,(H2,17,22). The maximum absolute atomic E-state index is 11.0. The molecule has 2 rings (SSSR count). The smallest absolute Gasteiger partial charge is 0.273 e. The summed E-state index contributed by atoms with van der Waals surface area (Å²) < 4.78 is 5.56. The highest BCUT2D eigenvalue weighted by Crippen LogP contribution is 2.28. The number of nitrogens with two attached hydrogens (primary N) is 1. The number of furan rings is 1. The average Bonchev–Trinajstić information content (AvgIpc) is 2.93. The third kappa shape index (κ3) is 3.19. The Morgan fingerprint density at radius 2 is 2.18 bits per heavy atom. The minimum atomic E-state index is -0.441. The summed E-state index contributed by atoms with van der Waals surface area (Å²) in [6.07, 6.45) is 1.43. The van der Waals surface area contributed by atoms with Gasteiger partial charge in [-0.25, -0.2) is 0 Å². The summed E-state index contributed by atoms with van der Waals surface area (Å²) in [5.74, 6) is 0.845. The molecule has 1 aromatic heterocycles. The minimum absolute atomic E-state index is 0.0202. The summed E-state index contributed by atoms with van der Waals surface area (Å²) in [6, 6.07) is 10.0. The van der Waals surface area contributed by atoms with Gasteiger partial charge in [0.15, 0.2) is 0 Å². The quantitative estimate of drug-likeness (QED) is 0.305. The normalized spacial score (nSPS) is 11.0. The van der Waals surface area contributed by atoms with E-state index in [9.17, 15) is 10.1 Å². The van der Waals surface area contributed by atoms with E-state index in [1.807, 2.05) is 6.07 Å². The molecule has 0 unspecified atom stereocenters. The first kappa shape index (κ1) is 15.4. The van der Waals surface area contributed by atoms with E-state index in [0.29, 0.717) is 22.6 Å². The maximum Gasteiger partial charge on any atom is 0.273 e. The molecule has 0 radical (unpaired) electrons. The van der Waals surface area contributed by atoms with Crippen molar-refractivity contribution in [3.63, 3.8) is 0 Å². The van der Waals surface area contributed by atoms with Gasteiger partial charge in [0.2, 0.25) is 0 Å². The first-order valence-corrected chi connectivity index (χ1v) is 6.60. The Balaban J connectivity index is 2.41. The van der Waals surface area contributed by atoms with Crippen LogP contribution in [0.25, 0.3) is 17.4 Å². The number of aryl methyl sites for hydroxylation is 1. The van der Waals surface area contributed by atoms with E-state index in [4.69, 9.17) is 27.6 Å². The highest BCUT2D eigenvalue weighted by Gasteiger charge is 2.13. The van der Waals surface area contributed by atoms with Crippen LogP contribution in [-0.4, -0.2) is 9.91 Å². The van der Waals surface area contributed by atoms with Crippen molar-refractivity contribution >= 4 is 29.0 Å². The van der Waals surface area contributed by atoms with Gasteiger partial charge < -0.3 is 10.2 Å². The molecule has 1 aromatic carbocycles. The molecule has 0 atom stereocenters. The molecule has 6 nitrogen and oxygen atoms in total. The summed E-state index contributed by atoms with van der Waals surface area (Å²) in [6.45, 7) is 1.67. The van der Waals surface area contributed by atoms with E-state index < -0.39 is 4.92 Å². The molecule has 0 saturated heterocycles. The van der Waals surface area contributed by atoms with Crippen molar-refractivity contribution in [2.24, 2.45) is 5.73 Å². The van der Waals surface area contributed by atoms with E-state index in [0.717, 1.165) is 0 Å². The van der Waals surface area contributed by atoms with Crippen LogP contribution in [0.15, 0.2) is 40.3 Å². The molecular weight excluding hydrogens is 302 g/mol. The van der Waals surface area contributed by atoms with Gasteiger partial charge in [-0.2, -0.15) is 5.26 Å². The van der Waals surface area contributed by atoms with Crippen LogP contribution in [0.3, 0.4) is 0 Å².